The van der Waals surface area contributed by atoms with Crippen molar-refractivity contribution >= 4 is 41.1 Å². The molecule has 2 amide bonds. The van der Waals surface area contributed by atoms with E-state index in [4.69, 9.17) is 16.3 Å². The molecule has 5 rings (SSSR count). The molecule has 9 heteroatoms. The minimum atomic E-state index is -1.42. The van der Waals surface area contributed by atoms with Gasteiger partial charge in [-0.05, 0) is 28.3 Å². The van der Waals surface area contributed by atoms with Crippen molar-refractivity contribution < 1.29 is 24.2 Å². The van der Waals surface area contributed by atoms with E-state index in [1.54, 1.807) is 36.4 Å². The van der Waals surface area contributed by atoms with Gasteiger partial charge in [0.05, 0.1) is 0 Å². The van der Waals surface area contributed by atoms with Crippen LogP contribution in [-0.2, 0) is 19.1 Å². The van der Waals surface area contributed by atoms with Gasteiger partial charge in [0, 0.05) is 11.3 Å². The summed E-state index contributed by atoms with van der Waals surface area (Å²) in [6.07, 6.45) is -0.553. The van der Waals surface area contributed by atoms with E-state index < -0.39 is 41.4 Å². The third-order valence-electron chi connectivity index (χ3n) is 6.55. The number of nitrogens with one attached hydrogen (secondary N) is 1. The molecule has 7 nitrogen and oxygen atoms in total. The molecule has 2 heterocycles. The minimum Gasteiger partial charge on any atom is -0.448 e. The van der Waals surface area contributed by atoms with E-state index in [-0.39, 0.29) is 5.70 Å². The van der Waals surface area contributed by atoms with Crippen LogP contribution >= 0.6 is 23.4 Å². The summed E-state index contributed by atoms with van der Waals surface area (Å²) in [4.78, 5) is 41.1. The lowest BCUT2D eigenvalue weighted by Gasteiger charge is -2.49. The first kappa shape index (κ1) is 26.7. The zero-order valence-electron chi connectivity index (χ0n) is 20.6. The van der Waals surface area contributed by atoms with Crippen molar-refractivity contribution in [2.45, 2.75) is 23.6 Å². The van der Waals surface area contributed by atoms with Crippen molar-refractivity contribution in [3.63, 3.8) is 0 Å². The molecule has 1 saturated heterocycles. The van der Waals surface area contributed by atoms with Gasteiger partial charge in [0.25, 0.3) is 11.8 Å². The SMILES string of the molecule is O=C(OC(c1ccccc1)c1ccccc1)C1=C(/C=C/Cl)CS[C@@H]2C(NC(=O)C(O)c3ccccc3)C(=O)N12. The number of hydrogen-bond donors (Lipinski definition) is 2. The van der Waals surface area contributed by atoms with Gasteiger partial charge in [-0.25, -0.2) is 4.79 Å². The number of carbonyl (C=O) groups excluding carboxylic acids is 3. The van der Waals surface area contributed by atoms with Gasteiger partial charge in [-0.1, -0.05) is 103 Å². The van der Waals surface area contributed by atoms with Crippen molar-refractivity contribution in [1.82, 2.24) is 10.2 Å². The first-order valence-electron chi connectivity index (χ1n) is 12.3. The van der Waals surface area contributed by atoms with Gasteiger partial charge in [0.2, 0.25) is 0 Å². The minimum absolute atomic E-state index is 0.0895. The standard InChI is InChI=1S/C30H25ClN2O5S/c31-17-16-22-18-39-29-23(32-27(35)25(34)19-10-4-1-5-11-19)28(36)33(29)24(22)30(37)38-26(20-12-6-2-7-13-20)21-14-8-3-9-15-21/h1-17,23,25-26,29,34H,18H2,(H,32,35)/b17-16+/t23?,25?,29-/m1/s1. The predicted molar refractivity (Wildman–Crippen MR) is 149 cm³/mol. The number of carbonyl (C=O) groups is 3. The van der Waals surface area contributed by atoms with Crippen LogP contribution in [0.15, 0.2) is 114 Å². The van der Waals surface area contributed by atoms with Crippen LogP contribution in [0.1, 0.15) is 28.9 Å². The maximum atomic E-state index is 13.7. The number of fused-ring (bicyclic) bond motifs is 1. The second kappa shape index (κ2) is 11.9. The molecule has 0 spiro atoms. The average molecular weight is 561 g/mol. The number of benzene rings is 3. The van der Waals surface area contributed by atoms with E-state index in [2.05, 4.69) is 5.32 Å². The zero-order valence-corrected chi connectivity index (χ0v) is 22.2. The van der Waals surface area contributed by atoms with Gasteiger partial charge in [-0.3, -0.25) is 14.5 Å². The monoisotopic (exact) mass is 560 g/mol. The molecule has 1 fully saturated rings. The lowest BCUT2D eigenvalue weighted by atomic mass is 10.00. The largest absolute Gasteiger partial charge is 0.448 e. The summed E-state index contributed by atoms with van der Waals surface area (Å²) in [6.45, 7) is 0. The van der Waals surface area contributed by atoms with Crippen molar-refractivity contribution in [1.29, 1.82) is 0 Å². The Morgan fingerprint density at radius 1 is 0.949 bits per heavy atom. The molecule has 2 aliphatic heterocycles. The van der Waals surface area contributed by atoms with E-state index >= 15 is 0 Å². The Hall–Kier alpha value is -3.85. The molecule has 198 valence electrons. The number of amides is 2. The van der Waals surface area contributed by atoms with Crippen LogP contribution in [0.25, 0.3) is 0 Å². The number of β-lactam (4-membered cyclic amide) rings is 1. The van der Waals surface area contributed by atoms with E-state index in [0.717, 1.165) is 11.1 Å². The number of allylic oxidation sites excluding steroid dienone is 1. The second-order valence-electron chi connectivity index (χ2n) is 8.98. The van der Waals surface area contributed by atoms with E-state index in [9.17, 15) is 19.5 Å². The lowest BCUT2D eigenvalue weighted by Crippen LogP contribution is -2.70. The van der Waals surface area contributed by atoms with Crippen molar-refractivity contribution in [2.24, 2.45) is 0 Å². The molecule has 2 aliphatic rings. The number of nitrogens with zero attached hydrogens (tertiary/aromatic N) is 1. The highest BCUT2D eigenvalue weighted by atomic mass is 35.5. The molecule has 0 saturated carbocycles. The second-order valence-corrected chi connectivity index (χ2v) is 10.3. The predicted octanol–water partition coefficient (Wildman–Crippen LogP) is 4.46. The fraction of sp³-hybridized carbons (Fsp3) is 0.167. The summed E-state index contributed by atoms with van der Waals surface area (Å²) in [7, 11) is 0. The van der Waals surface area contributed by atoms with Gasteiger partial charge >= 0.3 is 5.97 Å². The molecule has 3 aromatic carbocycles. The Bertz CT molecular complexity index is 1380. The molecular formula is C30H25ClN2O5S. The molecule has 0 bridgehead atoms. The summed E-state index contributed by atoms with van der Waals surface area (Å²) >= 11 is 7.26. The Balaban J connectivity index is 1.38. The van der Waals surface area contributed by atoms with Crippen molar-refractivity contribution in [2.75, 3.05) is 5.75 Å². The zero-order chi connectivity index (χ0) is 27.4. The Morgan fingerprint density at radius 3 is 2.03 bits per heavy atom. The van der Waals surface area contributed by atoms with Crippen LogP contribution in [-0.4, -0.2) is 45.0 Å². The Labute approximate surface area is 235 Å². The van der Waals surface area contributed by atoms with Crippen LogP contribution < -0.4 is 5.32 Å². The van der Waals surface area contributed by atoms with Gasteiger partial charge < -0.3 is 15.2 Å². The highest BCUT2D eigenvalue weighted by Crippen LogP contribution is 2.42. The number of aliphatic hydroxyl groups is 1. The first-order chi connectivity index (χ1) is 19.0. The fourth-order valence-corrected chi connectivity index (χ4v) is 6.07. The number of thioether (sulfide) groups is 1. The molecule has 0 radical (unpaired) electrons. The number of halogens is 1. The van der Waals surface area contributed by atoms with Crippen LogP contribution in [0, 0.1) is 0 Å². The van der Waals surface area contributed by atoms with E-state index in [1.807, 2.05) is 60.7 Å². The maximum Gasteiger partial charge on any atom is 0.356 e. The molecule has 39 heavy (non-hydrogen) atoms. The third kappa shape index (κ3) is 5.49. The fourth-order valence-electron chi connectivity index (χ4n) is 4.60. The van der Waals surface area contributed by atoms with Crippen molar-refractivity contribution in [3.05, 3.63) is 131 Å². The number of hydrogen-bond acceptors (Lipinski definition) is 6. The van der Waals surface area contributed by atoms with Gasteiger partial charge in [-0.15, -0.1) is 11.8 Å². The van der Waals surface area contributed by atoms with Crippen molar-refractivity contribution in [3.8, 4) is 0 Å². The van der Waals surface area contributed by atoms with Crippen LogP contribution in [0.4, 0.5) is 0 Å². The van der Waals surface area contributed by atoms with Gasteiger partial charge in [-0.2, -0.15) is 0 Å². The molecule has 2 N–H and O–H groups in total. The normalized spacial score (nSPS) is 19.5. The van der Waals surface area contributed by atoms with E-state index in [0.29, 0.717) is 16.9 Å². The summed E-state index contributed by atoms with van der Waals surface area (Å²) in [5, 5.41) is 12.6. The number of aliphatic hydroxyl groups excluding tert-OH is 1. The number of ether oxygens (including phenoxy) is 1. The maximum absolute atomic E-state index is 13.7. The molecule has 2 unspecified atom stereocenters. The highest BCUT2D eigenvalue weighted by molar-refractivity contribution is 8.00. The topological polar surface area (TPSA) is 95.9 Å². The Morgan fingerprint density at radius 2 is 1.49 bits per heavy atom. The van der Waals surface area contributed by atoms with Crippen LogP contribution in [0.3, 0.4) is 0 Å². The summed E-state index contributed by atoms with van der Waals surface area (Å²) in [5.41, 5.74) is 3.90. The Kier molecular flexibility index (Phi) is 8.16. The van der Waals surface area contributed by atoms with E-state index in [1.165, 1.54) is 22.2 Å². The number of esters is 1. The van der Waals surface area contributed by atoms with Gasteiger partial charge in [0.1, 0.15) is 17.1 Å². The number of rotatable bonds is 8. The molecule has 0 aromatic heterocycles. The van der Waals surface area contributed by atoms with Crippen LogP contribution in [0.2, 0.25) is 0 Å². The highest BCUT2D eigenvalue weighted by Gasteiger charge is 2.54. The molecule has 3 atom stereocenters. The summed E-state index contributed by atoms with van der Waals surface area (Å²) in [6, 6.07) is 26.3. The van der Waals surface area contributed by atoms with Crippen LogP contribution in [0.5, 0.6) is 0 Å². The molecule has 0 aliphatic carbocycles. The quantitative estimate of drug-likeness (QED) is 0.312. The first-order valence-corrected chi connectivity index (χ1v) is 13.8. The molecule has 3 aromatic rings. The smallest absolute Gasteiger partial charge is 0.356 e. The summed E-state index contributed by atoms with van der Waals surface area (Å²) in [5.74, 6) is -1.46. The summed E-state index contributed by atoms with van der Waals surface area (Å²) < 4.78 is 6.05. The van der Waals surface area contributed by atoms with Gasteiger partial charge in [0.15, 0.2) is 12.2 Å². The molecular weight excluding hydrogens is 536 g/mol. The lowest BCUT2D eigenvalue weighted by molar-refractivity contribution is -0.155. The average Bonchev–Trinajstić information content (AvgIpc) is 2.99. The third-order valence-corrected chi connectivity index (χ3v) is 7.97.